The van der Waals surface area contributed by atoms with Crippen molar-refractivity contribution in [1.29, 1.82) is 0 Å². The molecule has 0 fully saturated rings. The lowest BCUT2D eigenvalue weighted by Gasteiger charge is -2.14. The van der Waals surface area contributed by atoms with Gasteiger partial charge in [-0.15, -0.1) is 4.91 Å². The van der Waals surface area contributed by atoms with Gasteiger partial charge in [-0.2, -0.15) is 0 Å². The van der Waals surface area contributed by atoms with Crippen molar-refractivity contribution in [3.8, 4) is 51.4 Å². The molecule has 1 aromatic heterocycles. The molecule has 6 aromatic rings. The average Bonchev–Trinajstić information content (AvgIpc) is 3.49. The molecule has 0 aliphatic rings. The second-order valence-corrected chi connectivity index (χ2v) is 10.2. The van der Waals surface area contributed by atoms with Gasteiger partial charge in [-0.3, -0.25) is 0 Å². The van der Waals surface area contributed by atoms with Gasteiger partial charge in [0, 0.05) is 30.9 Å². The Morgan fingerprint density at radius 3 is 1.70 bits per heavy atom. The third kappa shape index (κ3) is 6.44. The van der Waals surface area contributed by atoms with Crippen molar-refractivity contribution in [2.45, 2.75) is 6.61 Å². The Bertz CT molecular complexity index is 1780. The summed E-state index contributed by atoms with van der Waals surface area (Å²) < 4.78 is 18.4. The van der Waals surface area contributed by atoms with Gasteiger partial charge in [0.2, 0.25) is 0 Å². The Kier molecular flexibility index (Phi) is 8.32. The molecule has 0 saturated heterocycles. The summed E-state index contributed by atoms with van der Waals surface area (Å²) in [7, 11) is 4.01. The van der Waals surface area contributed by atoms with Crippen LogP contribution in [0.5, 0.6) is 28.7 Å². The molecular weight excluding hydrogens is 552 g/mol. The van der Waals surface area contributed by atoms with Crippen molar-refractivity contribution in [1.82, 2.24) is 9.97 Å². The summed E-state index contributed by atoms with van der Waals surface area (Å²) in [5.74, 6) is 2.89. The van der Waals surface area contributed by atoms with Crippen LogP contribution in [0, 0.1) is 4.91 Å². The molecule has 44 heavy (non-hydrogen) atoms. The number of imidazole rings is 1. The first-order valence-corrected chi connectivity index (χ1v) is 14.1. The third-order valence-corrected chi connectivity index (χ3v) is 6.91. The fourth-order valence-electron chi connectivity index (χ4n) is 4.67. The number of aromatic nitrogens is 2. The number of H-pyrrole nitrogens is 1. The SMILES string of the molecule is CN(C)c1ccc(-c2nc(-c3cc(Oc4ccccc4)c(N=O)c(Oc4ccccc4)c3)[nH]c2COc2ccccc2)cc1. The number of para-hydroxylation sites is 3. The summed E-state index contributed by atoms with van der Waals surface area (Å²) in [5.41, 5.74) is 4.22. The van der Waals surface area contributed by atoms with Gasteiger partial charge in [-0.25, -0.2) is 4.98 Å². The molecule has 1 N–H and O–H groups in total. The number of anilines is 1. The topological polar surface area (TPSA) is 89.0 Å². The second kappa shape index (κ2) is 13.0. The van der Waals surface area contributed by atoms with E-state index < -0.39 is 0 Å². The molecule has 218 valence electrons. The molecule has 0 bridgehead atoms. The number of nitroso groups, excluding NO2 is 1. The molecular formula is C36H30N4O4. The van der Waals surface area contributed by atoms with Gasteiger partial charge in [0.15, 0.2) is 17.2 Å². The zero-order chi connectivity index (χ0) is 30.3. The molecule has 8 nitrogen and oxygen atoms in total. The molecule has 8 heteroatoms. The van der Waals surface area contributed by atoms with E-state index in [9.17, 15) is 4.91 Å². The van der Waals surface area contributed by atoms with Gasteiger partial charge in [-0.05, 0) is 65.8 Å². The van der Waals surface area contributed by atoms with Crippen LogP contribution in [-0.4, -0.2) is 24.1 Å². The number of hydrogen-bond acceptors (Lipinski definition) is 7. The largest absolute Gasteiger partial charge is 0.487 e. The summed E-state index contributed by atoms with van der Waals surface area (Å²) in [6, 6.07) is 39.7. The highest BCUT2D eigenvalue weighted by Crippen LogP contribution is 2.45. The van der Waals surface area contributed by atoms with Crippen molar-refractivity contribution >= 4 is 11.4 Å². The zero-order valence-corrected chi connectivity index (χ0v) is 24.3. The van der Waals surface area contributed by atoms with Gasteiger partial charge in [0.25, 0.3) is 0 Å². The molecule has 5 aromatic carbocycles. The van der Waals surface area contributed by atoms with Crippen LogP contribution < -0.4 is 19.1 Å². The van der Waals surface area contributed by atoms with E-state index in [0.29, 0.717) is 22.9 Å². The highest BCUT2D eigenvalue weighted by atomic mass is 16.5. The fourth-order valence-corrected chi connectivity index (χ4v) is 4.67. The zero-order valence-electron chi connectivity index (χ0n) is 24.3. The Labute approximate surface area is 255 Å². The lowest BCUT2D eigenvalue weighted by atomic mass is 10.1. The predicted molar refractivity (Wildman–Crippen MR) is 173 cm³/mol. The first-order valence-electron chi connectivity index (χ1n) is 14.1. The van der Waals surface area contributed by atoms with Crippen LogP contribution >= 0.6 is 0 Å². The minimum atomic E-state index is 0.0418. The molecule has 0 aliphatic carbocycles. The lowest BCUT2D eigenvalue weighted by molar-refractivity contribution is 0.302. The number of rotatable bonds is 11. The van der Waals surface area contributed by atoms with Crippen LogP contribution in [0.15, 0.2) is 133 Å². The van der Waals surface area contributed by atoms with Gasteiger partial charge in [0.1, 0.15) is 29.7 Å². The molecule has 0 spiro atoms. The van der Waals surface area contributed by atoms with Gasteiger partial charge in [0.05, 0.1) is 11.4 Å². The van der Waals surface area contributed by atoms with E-state index in [4.69, 9.17) is 19.2 Å². The van der Waals surface area contributed by atoms with Crippen molar-refractivity contribution in [3.63, 3.8) is 0 Å². The van der Waals surface area contributed by atoms with E-state index in [2.05, 4.69) is 10.2 Å². The number of benzene rings is 5. The van der Waals surface area contributed by atoms with Crippen LogP contribution in [-0.2, 0) is 6.61 Å². The predicted octanol–water partition coefficient (Wildman–Crippen LogP) is 9.37. The van der Waals surface area contributed by atoms with E-state index in [0.717, 1.165) is 28.4 Å². The summed E-state index contributed by atoms with van der Waals surface area (Å²) >= 11 is 0. The van der Waals surface area contributed by atoms with E-state index in [1.807, 2.05) is 110 Å². The van der Waals surface area contributed by atoms with E-state index in [-0.39, 0.29) is 23.8 Å². The van der Waals surface area contributed by atoms with E-state index >= 15 is 0 Å². The maximum atomic E-state index is 12.2. The standard InChI is InChI=1S/C36H30N4O4/c1-40(2)27-20-18-25(19-21-27)34-31(24-42-28-12-6-3-7-13-28)37-36(38-34)26-22-32(43-29-14-8-4-9-15-29)35(39-41)33(23-26)44-30-16-10-5-11-17-30/h3-23H,24H2,1-2H3,(H,37,38). The van der Waals surface area contributed by atoms with Crippen molar-refractivity contribution < 1.29 is 14.2 Å². The quantitative estimate of drug-likeness (QED) is 0.153. The monoisotopic (exact) mass is 582 g/mol. The molecule has 1 heterocycles. The molecule has 0 atom stereocenters. The third-order valence-electron chi connectivity index (χ3n) is 6.91. The van der Waals surface area contributed by atoms with Gasteiger partial charge >= 0.3 is 0 Å². The number of nitrogens with one attached hydrogen (secondary N) is 1. The molecule has 0 radical (unpaired) electrons. The Morgan fingerprint density at radius 1 is 0.682 bits per heavy atom. The number of nitrogens with zero attached hydrogens (tertiary/aromatic N) is 3. The van der Waals surface area contributed by atoms with E-state index in [1.54, 1.807) is 36.4 Å². The molecule has 0 aliphatic heterocycles. The maximum Gasteiger partial charge on any atom is 0.192 e. The summed E-state index contributed by atoms with van der Waals surface area (Å²) in [5, 5.41) is 3.30. The number of hydrogen-bond donors (Lipinski definition) is 1. The molecule has 0 amide bonds. The smallest absolute Gasteiger partial charge is 0.192 e. The van der Waals surface area contributed by atoms with Crippen molar-refractivity contribution in [2.24, 2.45) is 5.18 Å². The number of aromatic amines is 1. The van der Waals surface area contributed by atoms with Crippen molar-refractivity contribution in [2.75, 3.05) is 19.0 Å². The van der Waals surface area contributed by atoms with Gasteiger partial charge in [-0.1, -0.05) is 66.7 Å². The summed E-state index contributed by atoms with van der Waals surface area (Å²) in [4.78, 5) is 22.7. The van der Waals surface area contributed by atoms with Crippen LogP contribution in [0.1, 0.15) is 5.69 Å². The Hall–Kier alpha value is -5.89. The normalized spacial score (nSPS) is 10.7. The fraction of sp³-hybridized carbons (Fsp3) is 0.0833. The average molecular weight is 583 g/mol. The second-order valence-electron chi connectivity index (χ2n) is 10.2. The highest BCUT2D eigenvalue weighted by molar-refractivity contribution is 5.75. The minimum Gasteiger partial charge on any atom is -0.487 e. The van der Waals surface area contributed by atoms with Crippen LogP contribution in [0.2, 0.25) is 0 Å². The molecule has 6 rings (SSSR count). The van der Waals surface area contributed by atoms with Gasteiger partial charge < -0.3 is 24.1 Å². The summed E-state index contributed by atoms with van der Waals surface area (Å²) in [6.45, 7) is 0.260. The number of ether oxygens (including phenoxy) is 3. The lowest BCUT2D eigenvalue weighted by Crippen LogP contribution is -2.08. The van der Waals surface area contributed by atoms with Crippen LogP contribution in [0.25, 0.3) is 22.6 Å². The first-order chi connectivity index (χ1) is 21.6. The van der Waals surface area contributed by atoms with Crippen LogP contribution in [0.3, 0.4) is 0 Å². The van der Waals surface area contributed by atoms with E-state index in [1.165, 1.54) is 0 Å². The maximum absolute atomic E-state index is 12.2. The Balaban J connectivity index is 1.45. The molecule has 0 unspecified atom stereocenters. The Morgan fingerprint density at radius 2 is 1.20 bits per heavy atom. The molecule has 0 saturated carbocycles. The van der Waals surface area contributed by atoms with Crippen LogP contribution in [0.4, 0.5) is 11.4 Å². The summed E-state index contributed by atoms with van der Waals surface area (Å²) in [6.07, 6.45) is 0. The van der Waals surface area contributed by atoms with Crippen molar-refractivity contribution in [3.05, 3.63) is 138 Å². The minimum absolute atomic E-state index is 0.0418. The first kappa shape index (κ1) is 28.2. The highest BCUT2D eigenvalue weighted by Gasteiger charge is 2.21.